The Hall–Kier alpha value is -1.60. The van der Waals surface area contributed by atoms with E-state index in [2.05, 4.69) is 86.8 Å². The SMILES string of the molecule is CC(C)C(C)NC(Cc1ccccc1)c1ccccc1. The maximum atomic E-state index is 3.78. The summed E-state index contributed by atoms with van der Waals surface area (Å²) < 4.78 is 0. The lowest BCUT2D eigenvalue weighted by Gasteiger charge is -2.26. The first-order chi connectivity index (χ1) is 9.66. The summed E-state index contributed by atoms with van der Waals surface area (Å²) >= 11 is 0. The minimum Gasteiger partial charge on any atom is -0.307 e. The predicted octanol–water partition coefficient (Wildman–Crippen LogP) is 4.60. The molecule has 1 heteroatoms. The van der Waals surface area contributed by atoms with Crippen LogP contribution < -0.4 is 5.32 Å². The lowest BCUT2D eigenvalue weighted by Crippen LogP contribution is -2.35. The van der Waals surface area contributed by atoms with E-state index in [4.69, 9.17) is 0 Å². The fraction of sp³-hybridized carbons (Fsp3) is 0.368. The molecule has 0 aliphatic carbocycles. The van der Waals surface area contributed by atoms with Gasteiger partial charge in [0.05, 0.1) is 0 Å². The van der Waals surface area contributed by atoms with Crippen molar-refractivity contribution in [3.05, 3.63) is 71.8 Å². The van der Waals surface area contributed by atoms with Gasteiger partial charge in [-0.3, -0.25) is 0 Å². The number of benzene rings is 2. The third-order valence-electron chi connectivity index (χ3n) is 3.95. The van der Waals surface area contributed by atoms with Crippen molar-refractivity contribution in [1.29, 1.82) is 0 Å². The number of hydrogen-bond donors (Lipinski definition) is 1. The van der Waals surface area contributed by atoms with E-state index in [9.17, 15) is 0 Å². The van der Waals surface area contributed by atoms with Gasteiger partial charge in [0.15, 0.2) is 0 Å². The Morgan fingerprint density at radius 2 is 1.35 bits per heavy atom. The minimum absolute atomic E-state index is 0.371. The summed E-state index contributed by atoms with van der Waals surface area (Å²) in [5.41, 5.74) is 2.74. The Bertz CT molecular complexity index is 490. The molecule has 20 heavy (non-hydrogen) atoms. The molecule has 0 heterocycles. The van der Waals surface area contributed by atoms with Crippen LogP contribution in [0.5, 0.6) is 0 Å². The third kappa shape index (κ3) is 4.21. The average Bonchev–Trinajstić information content (AvgIpc) is 2.48. The highest BCUT2D eigenvalue weighted by atomic mass is 14.9. The maximum Gasteiger partial charge on any atom is 0.0363 e. The lowest BCUT2D eigenvalue weighted by atomic mass is 9.96. The topological polar surface area (TPSA) is 12.0 Å². The van der Waals surface area contributed by atoms with Gasteiger partial charge in [-0.25, -0.2) is 0 Å². The Morgan fingerprint density at radius 3 is 1.90 bits per heavy atom. The molecule has 0 fully saturated rings. The molecule has 2 atom stereocenters. The van der Waals surface area contributed by atoms with Crippen LogP contribution in [-0.2, 0) is 6.42 Å². The molecule has 2 aromatic rings. The maximum absolute atomic E-state index is 3.78. The van der Waals surface area contributed by atoms with Crippen molar-refractivity contribution < 1.29 is 0 Å². The molecule has 0 aliphatic rings. The summed E-state index contributed by atoms with van der Waals surface area (Å²) in [6, 6.07) is 22.3. The van der Waals surface area contributed by atoms with Gasteiger partial charge < -0.3 is 5.32 Å². The van der Waals surface area contributed by atoms with Crippen molar-refractivity contribution in [3.63, 3.8) is 0 Å². The molecule has 0 bridgehead atoms. The van der Waals surface area contributed by atoms with Crippen LogP contribution in [0.3, 0.4) is 0 Å². The van der Waals surface area contributed by atoms with Crippen molar-refractivity contribution in [2.24, 2.45) is 5.92 Å². The molecule has 1 nitrogen and oxygen atoms in total. The Morgan fingerprint density at radius 1 is 0.800 bits per heavy atom. The van der Waals surface area contributed by atoms with Gasteiger partial charge in [0, 0.05) is 12.1 Å². The van der Waals surface area contributed by atoms with E-state index < -0.39 is 0 Å². The van der Waals surface area contributed by atoms with Crippen LogP contribution in [0.1, 0.15) is 37.9 Å². The summed E-state index contributed by atoms with van der Waals surface area (Å²) in [6.07, 6.45) is 1.03. The molecule has 0 radical (unpaired) electrons. The van der Waals surface area contributed by atoms with Gasteiger partial charge in [0.2, 0.25) is 0 Å². The molecule has 2 aromatic carbocycles. The van der Waals surface area contributed by atoms with Crippen LogP contribution >= 0.6 is 0 Å². The van der Waals surface area contributed by atoms with Crippen molar-refractivity contribution in [1.82, 2.24) is 5.32 Å². The van der Waals surface area contributed by atoms with E-state index in [0.717, 1.165) is 6.42 Å². The summed E-state index contributed by atoms with van der Waals surface area (Å²) in [6.45, 7) is 6.80. The minimum atomic E-state index is 0.371. The van der Waals surface area contributed by atoms with Crippen LogP contribution in [0.15, 0.2) is 60.7 Å². The summed E-state index contributed by atoms with van der Waals surface area (Å²) in [7, 11) is 0. The van der Waals surface area contributed by atoms with Gasteiger partial charge in [-0.1, -0.05) is 74.5 Å². The fourth-order valence-electron chi connectivity index (χ4n) is 2.32. The van der Waals surface area contributed by atoms with Crippen molar-refractivity contribution in [2.75, 3.05) is 0 Å². The normalized spacial score (nSPS) is 14.2. The van der Waals surface area contributed by atoms with Crippen LogP contribution in [0, 0.1) is 5.92 Å². The number of rotatable bonds is 6. The molecular formula is C19H25N. The highest BCUT2D eigenvalue weighted by Crippen LogP contribution is 2.20. The van der Waals surface area contributed by atoms with Crippen LogP contribution in [-0.4, -0.2) is 6.04 Å². The van der Waals surface area contributed by atoms with Gasteiger partial charge in [-0.05, 0) is 30.4 Å². The zero-order valence-corrected chi connectivity index (χ0v) is 12.7. The van der Waals surface area contributed by atoms with Gasteiger partial charge in [-0.15, -0.1) is 0 Å². The van der Waals surface area contributed by atoms with E-state index >= 15 is 0 Å². The van der Waals surface area contributed by atoms with Crippen molar-refractivity contribution in [3.8, 4) is 0 Å². The highest BCUT2D eigenvalue weighted by Gasteiger charge is 2.16. The van der Waals surface area contributed by atoms with E-state index in [1.807, 2.05) is 0 Å². The van der Waals surface area contributed by atoms with Crippen LogP contribution in [0.2, 0.25) is 0 Å². The van der Waals surface area contributed by atoms with Crippen molar-refractivity contribution in [2.45, 2.75) is 39.3 Å². The average molecular weight is 267 g/mol. The molecule has 2 rings (SSSR count). The third-order valence-corrected chi connectivity index (χ3v) is 3.95. The lowest BCUT2D eigenvalue weighted by molar-refractivity contribution is 0.374. The van der Waals surface area contributed by atoms with Gasteiger partial charge in [0.25, 0.3) is 0 Å². The van der Waals surface area contributed by atoms with E-state index in [-0.39, 0.29) is 0 Å². The molecule has 0 saturated carbocycles. The summed E-state index contributed by atoms with van der Waals surface area (Å²) in [5.74, 6) is 0.636. The van der Waals surface area contributed by atoms with Crippen LogP contribution in [0.25, 0.3) is 0 Å². The quantitative estimate of drug-likeness (QED) is 0.806. The van der Waals surface area contributed by atoms with E-state index in [1.54, 1.807) is 0 Å². The fourth-order valence-corrected chi connectivity index (χ4v) is 2.32. The first-order valence-electron chi connectivity index (χ1n) is 7.51. The molecule has 0 amide bonds. The largest absolute Gasteiger partial charge is 0.307 e. The molecule has 1 N–H and O–H groups in total. The van der Waals surface area contributed by atoms with Gasteiger partial charge >= 0.3 is 0 Å². The first-order valence-corrected chi connectivity index (χ1v) is 7.51. The standard InChI is InChI=1S/C19H25N/c1-15(2)16(3)20-19(18-12-8-5-9-13-18)14-17-10-6-4-7-11-17/h4-13,15-16,19-20H,14H2,1-3H3. The Balaban J connectivity index is 2.16. The second-order valence-electron chi connectivity index (χ2n) is 5.85. The second kappa shape index (κ2) is 7.25. The first kappa shape index (κ1) is 14.8. The number of hydrogen-bond acceptors (Lipinski definition) is 1. The predicted molar refractivity (Wildman–Crippen MR) is 86.8 cm³/mol. The van der Waals surface area contributed by atoms with Crippen LogP contribution in [0.4, 0.5) is 0 Å². The monoisotopic (exact) mass is 267 g/mol. The summed E-state index contributed by atoms with van der Waals surface area (Å²) in [5, 5.41) is 3.78. The second-order valence-corrected chi connectivity index (χ2v) is 5.85. The Labute approximate surface area is 123 Å². The molecule has 0 spiro atoms. The Kier molecular flexibility index (Phi) is 5.37. The van der Waals surface area contributed by atoms with Gasteiger partial charge in [0.1, 0.15) is 0 Å². The van der Waals surface area contributed by atoms with E-state index in [0.29, 0.717) is 18.0 Å². The zero-order valence-electron chi connectivity index (χ0n) is 12.7. The highest BCUT2D eigenvalue weighted by molar-refractivity contribution is 5.23. The molecule has 0 aliphatic heterocycles. The molecule has 2 unspecified atom stereocenters. The van der Waals surface area contributed by atoms with Crippen molar-refractivity contribution >= 4 is 0 Å². The summed E-state index contributed by atoms with van der Waals surface area (Å²) in [4.78, 5) is 0. The molecule has 0 aromatic heterocycles. The molecular weight excluding hydrogens is 242 g/mol. The molecule has 0 saturated heterocycles. The number of nitrogens with one attached hydrogen (secondary N) is 1. The van der Waals surface area contributed by atoms with Gasteiger partial charge in [-0.2, -0.15) is 0 Å². The van der Waals surface area contributed by atoms with E-state index in [1.165, 1.54) is 11.1 Å². The smallest absolute Gasteiger partial charge is 0.0363 e. The zero-order chi connectivity index (χ0) is 14.4. The molecule has 106 valence electrons.